The third kappa shape index (κ3) is 3.69. The quantitative estimate of drug-likeness (QED) is 0.904. The highest BCUT2D eigenvalue weighted by Gasteiger charge is 2.22. The van der Waals surface area contributed by atoms with Gasteiger partial charge in [0.1, 0.15) is 12.4 Å². The van der Waals surface area contributed by atoms with E-state index in [1.807, 2.05) is 0 Å². The number of likely N-dealkylation sites (tertiary alicyclic amines) is 1. The largest absolute Gasteiger partial charge is 0.489 e. The van der Waals surface area contributed by atoms with Crippen molar-refractivity contribution in [1.29, 1.82) is 0 Å². The maximum atomic E-state index is 5.93. The summed E-state index contributed by atoms with van der Waals surface area (Å²) in [5.74, 6) is 1.04. The summed E-state index contributed by atoms with van der Waals surface area (Å²) < 4.78 is 11.8. The summed E-state index contributed by atoms with van der Waals surface area (Å²) in [6.45, 7) is 7.85. The van der Waals surface area contributed by atoms with Gasteiger partial charge in [0, 0.05) is 31.8 Å². The second-order valence-corrected chi connectivity index (χ2v) is 5.94. The van der Waals surface area contributed by atoms with Crippen LogP contribution in [0, 0.1) is 0 Å². The fraction of sp³-hybridized carbons (Fsp3) is 0.647. The lowest BCUT2D eigenvalue weighted by atomic mass is 10.1. The molecule has 116 valence electrons. The van der Waals surface area contributed by atoms with Crippen LogP contribution in [0.3, 0.4) is 0 Å². The van der Waals surface area contributed by atoms with Crippen molar-refractivity contribution < 1.29 is 9.47 Å². The van der Waals surface area contributed by atoms with Crippen molar-refractivity contribution in [2.75, 3.05) is 38.2 Å². The number of ether oxygens (including phenoxy) is 2. The highest BCUT2D eigenvalue weighted by atomic mass is 16.5. The number of nitrogens with one attached hydrogen (secondary N) is 1. The van der Waals surface area contributed by atoms with Crippen LogP contribution in [0.4, 0.5) is 5.69 Å². The van der Waals surface area contributed by atoms with Crippen molar-refractivity contribution in [1.82, 2.24) is 4.90 Å². The van der Waals surface area contributed by atoms with Crippen molar-refractivity contribution in [3.05, 3.63) is 23.8 Å². The molecule has 2 heterocycles. The molecule has 0 amide bonds. The monoisotopic (exact) mass is 290 g/mol. The molecule has 21 heavy (non-hydrogen) atoms. The number of piperidine rings is 1. The van der Waals surface area contributed by atoms with E-state index in [0.717, 1.165) is 57.3 Å². The lowest BCUT2D eigenvalue weighted by molar-refractivity contribution is -0.00241. The van der Waals surface area contributed by atoms with Gasteiger partial charge in [0.2, 0.25) is 0 Å². The zero-order valence-corrected chi connectivity index (χ0v) is 12.9. The highest BCUT2D eigenvalue weighted by Crippen LogP contribution is 2.32. The summed E-state index contributed by atoms with van der Waals surface area (Å²) in [5, 5.41) is 3.41. The Balaban J connectivity index is 1.63. The van der Waals surface area contributed by atoms with E-state index >= 15 is 0 Å². The fourth-order valence-electron chi connectivity index (χ4n) is 3.18. The third-order valence-electron chi connectivity index (χ3n) is 4.17. The van der Waals surface area contributed by atoms with E-state index in [9.17, 15) is 0 Å². The second-order valence-electron chi connectivity index (χ2n) is 5.94. The van der Waals surface area contributed by atoms with Crippen LogP contribution in [-0.2, 0) is 11.3 Å². The number of para-hydroxylation sites is 1. The molecule has 4 heteroatoms. The molecule has 0 bridgehead atoms. The van der Waals surface area contributed by atoms with E-state index in [-0.39, 0.29) is 0 Å². The van der Waals surface area contributed by atoms with Crippen LogP contribution in [-0.4, -0.2) is 43.9 Å². The minimum absolute atomic E-state index is 0.400. The molecule has 1 saturated heterocycles. The van der Waals surface area contributed by atoms with E-state index in [2.05, 4.69) is 35.3 Å². The molecule has 0 spiro atoms. The van der Waals surface area contributed by atoms with Crippen molar-refractivity contribution in [2.45, 2.75) is 38.8 Å². The van der Waals surface area contributed by atoms with E-state index < -0.39 is 0 Å². The molecule has 0 aromatic heterocycles. The Bertz CT molecular complexity index is 464. The van der Waals surface area contributed by atoms with Crippen LogP contribution in [0.15, 0.2) is 18.2 Å². The lowest BCUT2D eigenvalue weighted by Gasteiger charge is -2.33. The molecule has 0 radical (unpaired) electrons. The van der Waals surface area contributed by atoms with Gasteiger partial charge in [-0.25, -0.2) is 0 Å². The van der Waals surface area contributed by atoms with Crippen LogP contribution >= 0.6 is 0 Å². The average Bonchev–Trinajstić information content (AvgIpc) is 2.54. The first-order valence-corrected chi connectivity index (χ1v) is 8.19. The van der Waals surface area contributed by atoms with Crippen LogP contribution < -0.4 is 10.1 Å². The van der Waals surface area contributed by atoms with Crippen LogP contribution in [0.5, 0.6) is 5.75 Å². The molecule has 1 unspecified atom stereocenters. The van der Waals surface area contributed by atoms with Gasteiger partial charge in [0.05, 0.1) is 11.8 Å². The maximum absolute atomic E-state index is 5.93. The van der Waals surface area contributed by atoms with E-state index in [1.165, 1.54) is 18.4 Å². The third-order valence-corrected chi connectivity index (χ3v) is 4.17. The zero-order chi connectivity index (χ0) is 14.5. The molecule has 2 aliphatic rings. The van der Waals surface area contributed by atoms with Gasteiger partial charge in [0.15, 0.2) is 0 Å². The van der Waals surface area contributed by atoms with E-state index in [0.29, 0.717) is 6.10 Å². The molecule has 1 aromatic carbocycles. The number of hydrogen-bond donors (Lipinski definition) is 1. The molecule has 2 aliphatic heterocycles. The van der Waals surface area contributed by atoms with Crippen molar-refractivity contribution in [3.8, 4) is 5.75 Å². The summed E-state index contributed by atoms with van der Waals surface area (Å²) in [7, 11) is 0. The number of fused-ring (bicyclic) bond motifs is 1. The van der Waals surface area contributed by atoms with Gasteiger partial charge in [0.25, 0.3) is 0 Å². The Morgan fingerprint density at radius 2 is 2.38 bits per heavy atom. The number of rotatable bonds is 5. The fourth-order valence-corrected chi connectivity index (χ4v) is 3.18. The summed E-state index contributed by atoms with van der Waals surface area (Å²) in [5.41, 5.74) is 2.42. The summed E-state index contributed by atoms with van der Waals surface area (Å²) in [6.07, 6.45) is 3.92. The normalized spacial score (nSPS) is 22.2. The zero-order valence-electron chi connectivity index (χ0n) is 12.9. The van der Waals surface area contributed by atoms with Gasteiger partial charge < -0.3 is 14.8 Å². The first-order valence-electron chi connectivity index (χ1n) is 8.19. The van der Waals surface area contributed by atoms with Crippen LogP contribution in [0.25, 0.3) is 0 Å². The average molecular weight is 290 g/mol. The van der Waals surface area contributed by atoms with Crippen molar-refractivity contribution >= 4 is 5.69 Å². The molecule has 1 fully saturated rings. The first kappa shape index (κ1) is 14.7. The smallest absolute Gasteiger partial charge is 0.146 e. The number of anilines is 1. The van der Waals surface area contributed by atoms with Gasteiger partial charge in [-0.05, 0) is 31.9 Å². The molecule has 0 saturated carbocycles. The van der Waals surface area contributed by atoms with Gasteiger partial charge in [-0.3, -0.25) is 4.90 Å². The van der Waals surface area contributed by atoms with Crippen LogP contribution in [0.2, 0.25) is 0 Å². The molecular weight excluding hydrogens is 264 g/mol. The molecule has 3 rings (SSSR count). The van der Waals surface area contributed by atoms with E-state index in [1.54, 1.807) is 0 Å². The topological polar surface area (TPSA) is 33.7 Å². The molecule has 1 N–H and O–H groups in total. The first-order chi connectivity index (χ1) is 10.4. The Morgan fingerprint density at radius 3 is 3.29 bits per heavy atom. The van der Waals surface area contributed by atoms with E-state index in [4.69, 9.17) is 9.47 Å². The minimum atomic E-state index is 0.400. The minimum Gasteiger partial charge on any atom is -0.489 e. The van der Waals surface area contributed by atoms with Gasteiger partial charge >= 0.3 is 0 Å². The molecule has 1 atom stereocenters. The Hall–Kier alpha value is -1.26. The van der Waals surface area contributed by atoms with Crippen molar-refractivity contribution in [3.63, 3.8) is 0 Å². The molecular formula is C17H26N2O2. The van der Waals surface area contributed by atoms with Gasteiger partial charge in [-0.2, -0.15) is 0 Å². The molecule has 1 aromatic rings. The number of nitrogens with zero attached hydrogens (tertiary/aromatic N) is 1. The second kappa shape index (κ2) is 7.14. The Kier molecular flexibility index (Phi) is 4.99. The molecule has 0 aliphatic carbocycles. The highest BCUT2D eigenvalue weighted by molar-refractivity contribution is 5.61. The predicted molar refractivity (Wildman–Crippen MR) is 85.0 cm³/mol. The summed E-state index contributed by atoms with van der Waals surface area (Å²) >= 11 is 0. The number of hydrogen-bond acceptors (Lipinski definition) is 4. The lowest BCUT2D eigenvalue weighted by Crippen LogP contribution is -2.39. The number of benzene rings is 1. The maximum Gasteiger partial charge on any atom is 0.146 e. The molecule has 4 nitrogen and oxygen atoms in total. The Morgan fingerprint density at radius 1 is 1.43 bits per heavy atom. The standard InChI is InChI=1S/C17H26N2O2/c1-2-10-20-15-6-4-9-19(13-15)12-14-5-3-7-16-17(14)21-11-8-18-16/h3,5,7,15,18H,2,4,6,8-13H2,1H3. The Labute approximate surface area is 127 Å². The van der Waals surface area contributed by atoms with Crippen LogP contribution in [0.1, 0.15) is 31.7 Å². The van der Waals surface area contributed by atoms with Gasteiger partial charge in [-0.15, -0.1) is 0 Å². The SMILES string of the molecule is CCCOC1CCCN(Cc2cccc3c2OCCN3)C1. The van der Waals surface area contributed by atoms with Crippen molar-refractivity contribution in [2.24, 2.45) is 0 Å². The summed E-state index contributed by atoms with van der Waals surface area (Å²) in [6, 6.07) is 6.40. The van der Waals surface area contributed by atoms with Gasteiger partial charge in [-0.1, -0.05) is 19.1 Å². The summed E-state index contributed by atoms with van der Waals surface area (Å²) in [4.78, 5) is 2.50. The predicted octanol–water partition coefficient (Wildman–Crippen LogP) is 2.88.